The highest BCUT2D eigenvalue weighted by atomic mass is 35.5. The molecular weight excluding hydrogens is 210 g/mol. The molecule has 72 valence electrons. The molecule has 1 aliphatic rings. The van der Waals surface area contributed by atoms with Crippen LogP contribution in [-0.4, -0.2) is 29.4 Å². The molecule has 1 aromatic rings. The molecule has 0 unspecified atom stereocenters. The van der Waals surface area contributed by atoms with Crippen molar-refractivity contribution in [2.45, 2.75) is 12.5 Å². The van der Waals surface area contributed by atoms with Crippen molar-refractivity contribution in [1.29, 1.82) is 0 Å². The van der Waals surface area contributed by atoms with Crippen LogP contribution in [0, 0.1) is 5.92 Å². The van der Waals surface area contributed by atoms with E-state index in [-0.39, 0.29) is 12.0 Å². The van der Waals surface area contributed by atoms with Crippen LogP contribution in [-0.2, 0) is 11.2 Å². The van der Waals surface area contributed by atoms with E-state index in [0.29, 0.717) is 18.4 Å². The van der Waals surface area contributed by atoms with Gasteiger partial charge >= 0.3 is 0 Å². The molecule has 2 atom stereocenters. The smallest absolute Gasteiger partial charge is 0.143 e. The van der Waals surface area contributed by atoms with Crippen LogP contribution in [0.15, 0.2) is 5.51 Å². The minimum Gasteiger partial charge on any atom is -0.390 e. The fourth-order valence-corrected chi connectivity index (χ4v) is 2.47. The molecule has 2 rings (SSSR count). The van der Waals surface area contributed by atoms with Gasteiger partial charge in [-0.3, -0.25) is 0 Å². The first-order chi connectivity index (χ1) is 6.27. The summed E-state index contributed by atoms with van der Waals surface area (Å²) >= 11 is 7.37. The number of hydrogen-bond acceptors (Lipinski definition) is 4. The number of thiazole rings is 1. The number of aromatic nitrogens is 1. The van der Waals surface area contributed by atoms with Crippen LogP contribution in [0.25, 0.3) is 0 Å². The number of halogens is 1. The van der Waals surface area contributed by atoms with Crippen molar-refractivity contribution in [1.82, 2.24) is 4.98 Å². The van der Waals surface area contributed by atoms with E-state index in [0.717, 1.165) is 11.3 Å². The van der Waals surface area contributed by atoms with E-state index in [4.69, 9.17) is 16.3 Å². The van der Waals surface area contributed by atoms with Gasteiger partial charge in [-0.2, -0.15) is 0 Å². The molecule has 0 amide bonds. The van der Waals surface area contributed by atoms with Crippen molar-refractivity contribution in [3.8, 4) is 0 Å². The lowest BCUT2D eigenvalue weighted by Crippen LogP contribution is -2.19. The summed E-state index contributed by atoms with van der Waals surface area (Å²) in [4.78, 5) is 4.98. The van der Waals surface area contributed by atoms with Crippen molar-refractivity contribution in [3.05, 3.63) is 15.5 Å². The number of hydrogen-bond donors (Lipinski definition) is 1. The standard InChI is InChI=1S/C8H10ClNO2S/c9-8-7(13-4-10-8)1-5-2-12-3-6(5)11/h4-6,11H,1-3H2/t5-,6-/m1/s1. The maximum Gasteiger partial charge on any atom is 0.143 e. The lowest BCUT2D eigenvalue weighted by atomic mass is 10.0. The normalized spacial score (nSPS) is 28.2. The molecule has 5 heteroatoms. The highest BCUT2D eigenvalue weighted by Gasteiger charge is 2.27. The maximum atomic E-state index is 9.49. The average Bonchev–Trinajstić information content (AvgIpc) is 2.65. The van der Waals surface area contributed by atoms with E-state index in [1.54, 1.807) is 5.51 Å². The van der Waals surface area contributed by atoms with Gasteiger partial charge in [-0.1, -0.05) is 11.6 Å². The third-order valence-electron chi connectivity index (χ3n) is 2.20. The largest absolute Gasteiger partial charge is 0.390 e. The fourth-order valence-electron chi connectivity index (χ4n) is 1.41. The molecule has 1 saturated heterocycles. The van der Waals surface area contributed by atoms with Crippen LogP contribution in [0.3, 0.4) is 0 Å². The number of rotatable bonds is 2. The Kier molecular flexibility index (Phi) is 2.83. The van der Waals surface area contributed by atoms with E-state index in [1.165, 1.54) is 11.3 Å². The van der Waals surface area contributed by atoms with E-state index in [2.05, 4.69) is 4.98 Å². The monoisotopic (exact) mass is 219 g/mol. The molecular formula is C8H10ClNO2S. The summed E-state index contributed by atoms with van der Waals surface area (Å²) in [5.74, 6) is 0.179. The van der Waals surface area contributed by atoms with Gasteiger partial charge in [-0.25, -0.2) is 4.98 Å². The van der Waals surface area contributed by atoms with Crippen molar-refractivity contribution in [3.63, 3.8) is 0 Å². The Balaban J connectivity index is 2.01. The first-order valence-corrected chi connectivity index (χ1v) is 5.37. The predicted molar refractivity (Wildman–Crippen MR) is 51.1 cm³/mol. The molecule has 0 bridgehead atoms. The van der Waals surface area contributed by atoms with E-state index < -0.39 is 0 Å². The Hall–Kier alpha value is -0.160. The minimum absolute atomic E-state index is 0.179. The third kappa shape index (κ3) is 2.02. The summed E-state index contributed by atoms with van der Waals surface area (Å²) in [6.45, 7) is 1.07. The van der Waals surface area contributed by atoms with Gasteiger partial charge in [0, 0.05) is 10.8 Å². The summed E-state index contributed by atoms with van der Waals surface area (Å²) in [5, 5.41) is 10.1. The van der Waals surface area contributed by atoms with Gasteiger partial charge in [0.2, 0.25) is 0 Å². The summed E-state index contributed by atoms with van der Waals surface area (Å²) in [6, 6.07) is 0. The Labute approximate surface area is 85.3 Å². The Morgan fingerprint density at radius 1 is 1.69 bits per heavy atom. The first kappa shape index (κ1) is 9.40. The van der Waals surface area contributed by atoms with Crippen LogP contribution >= 0.6 is 22.9 Å². The second-order valence-corrected chi connectivity index (χ2v) is 4.43. The van der Waals surface area contributed by atoms with Gasteiger partial charge in [0.1, 0.15) is 5.15 Å². The topological polar surface area (TPSA) is 42.4 Å². The van der Waals surface area contributed by atoms with Crippen molar-refractivity contribution >= 4 is 22.9 Å². The van der Waals surface area contributed by atoms with Gasteiger partial charge in [0.15, 0.2) is 0 Å². The summed E-state index contributed by atoms with van der Waals surface area (Å²) in [6.07, 6.45) is 0.420. The van der Waals surface area contributed by atoms with Crippen molar-refractivity contribution in [2.75, 3.05) is 13.2 Å². The van der Waals surface area contributed by atoms with Crippen LogP contribution in [0.5, 0.6) is 0 Å². The first-order valence-electron chi connectivity index (χ1n) is 4.11. The fraction of sp³-hybridized carbons (Fsp3) is 0.625. The van der Waals surface area contributed by atoms with E-state index in [1.807, 2.05) is 0 Å². The summed E-state index contributed by atoms with van der Waals surface area (Å²) in [5.41, 5.74) is 1.72. The molecule has 0 saturated carbocycles. The van der Waals surface area contributed by atoms with Crippen LogP contribution in [0.2, 0.25) is 5.15 Å². The molecule has 0 spiro atoms. The van der Waals surface area contributed by atoms with Gasteiger partial charge in [-0.05, 0) is 6.42 Å². The zero-order chi connectivity index (χ0) is 9.26. The quantitative estimate of drug-likeness (QED) is 0.817. The molecule has 1 N–H and O–H groups in total. The Morgan fingerprint density at radius 2 is 2.54 bits per heavy atom. The lowest BCUT2D eigenvalue weighted by Gasteiger charge is -2.09. The van der Waals surface area contributed by atoms with Crippen LogP contribution < -0.4 is 0 Å². The van der Waals surface area contributed by atoms with Crippen molar-refractivity contribution in [2.24, 2.45) is 5.92 Å². The number of aliphatic hydroxyl groups is 1. The predicted octanol–water partition coefficient (Wildman–Crippen LogP) is 1.35. The zero-order valence-corrected chi connectivity index (χ0v) is 8.51. The third-order valence-corrected chi connectivity index (χ3v) is 3.50. The summed E-state index contributed by atoms with van der Waals surface area (Å²) in [7, 11) is 0. The van der Waals surface area contributed by atoms with Gasteiger partial charge < -0.3 is 9.84 Å². The minimum atomic E-state index is -0.349. The lowest BCUT2D eigenvalue weighted by molar-refractivity contribution is 0.118. The Morgan fingerprint density at radius 3 is 3.08 bits per heavy atom. The van der Waals surface area contributed by atoms with Crippen molar-refractivity contribution < 1.29 is 9.84 Å². The highest BCUT2D eigenvalue weighted by Crippen LogP contribution is 2.25. The maximum absolute atomic E-state index is 9.49. The SMILES string of the molecule is O[C@@H]1COC[C@H]1Cc1scnc1Cl. The van der Waals surface area contributed by atoms with Crippen LogP contribution in [0.1, 0.15) is 4.88 Å². The van der Waals surface area contributed by atoms with E-state index >= 15 is 0 Å². The zero-order valence-electron chi connectivity index (χ0n) is 6.94. The number of ether oxygens (including phenoxy) is 1. The van der Waals surface area contributed by atoms with Gasteiger partial charge in [0.25, 0.3) is 0 Å². The molecule has 1 fully saturated rings. The molecule has 0 aliphatic carbocycles. The Bertz CT molecular complexity index is 291. The summed E-state index contributed by atoms with van der Waals surface area (Å²) < 4.78 is 5.15. The molecule has 2 heterocycles. The molecule has 0 aromatic carbocycles. The van der Waals surface area contributed by atoms with E-state index in [9.17, 15) is 5.11 Å². The molecule has 1 aromatic heterocycles. The van der Waals surface area contributed by atoms with Crippen LogP contribution in [0.4, 0.5) is 0 Å². The molecule has 13 heavy (non-hydrogen) atoms. The molecule has 0 radical (unpaired) electrons. The second-order valence-electron chi connectivity index (χ2n) is 3.14. The molecule has 3 nitrogen and oxygen atoms in total. The second kappa shape index (κ2) is 3.92. The van der Waals surface area contributed by atoms with Gasteiger partial charge in [0.05, 0.1) is 24.8 Å². The number of aliphatic hydroxyl groups excluding tert-OH is 1. The highest BCUT2D eigenvalue weighted by molar-refractivity contribution is 7.10. The van der Waals surface area contributed by atoms with Gasteiger partial charge in [-0.15, -0.1) is 11.3 Å². The molecule has 1 aliphatic heterocycles. The average molecular weight is 220 g/mol. The number of nitrogens with zero attached hydrogens (tertiary/aromatic N) is 1.